The van der Waals surface area contributed by atoms with Crippen LogP contribution in [-0.4, -0.2) is 27.4 Å². The van der Waals surface area contributed by atoms with Gasteiger partial charge in [-0.1, -0.05) is 6.92 Å². The van der Waals surface area contributed by atoms with Crippen molar-refractivity contribution in [2.45, 2.75) is 26.4 Å². The molecule has 0 aliphatic carbocycles. The van der Waals surface area contributed by atoms with Crippen molar-refractivity contribution >= 4 is 5.97 Å². The molecule has 0 amide bonds. The van der Waals surface area contributed by atoms with E-state index in [2.05, 4.69) is 17.3 Å². The van der Waals surface area contributed by atoms with E-state index in [0.717, 1.165) is 18.7 Å². The fourth-order valence-corrected chi connectivity index (χ4v) is 1.22. The van der Waals surface area contributed by atoms with Gasteiger partial charge >= 0.3 is 5.97 Å². The number of nitrogens with one attached hydrogen (secondary N) is 1. The molecule has 0 radical (unpaired) electrons. The molecule has 1 rings (SSSR count). The van der Waals surface area contributed by atoms with E-state index >= 15 is 0 Å². The van der Waals surface area contributed by atoms with Crippen LogP contribution in [0.2, 0.25) is 0 Å². The lowest BCUT2D eigenvalue weighted by Crippen LogP contribution is -2.23. The highest BCUT2D eigenvalue weighted by molar-refractivity contribution is 5.68. The van der Waals surface area contributed by atoms with Crippen molar-refractivity contribution in [3.63, 3.8) is 0 Å². The third-order valence-corrected chi connectivity index (χ3v) is 1.82. The highest BCUT2D eigenvalue weighted by atomic mass is 16.4. The van der Waals surface area contributed by atoms with Gasteiger partial charge in [0, 0.05) is 19.3 Å². The normalized spacial score (nSPS) is 10.4. The van der Waals surface area contributed by atoms with Gasteiger partial charge in [-0.15, -0.1) is 0 Å². The Bertz CT molecular complexity index is 296. The molecular weight excluding hydrogens is 182 g/mol. The molecule has 0 saturated carbocycles. The van der Waals surface area contributed by atoms with E-state index in [0.29, 0.717) is 6.54 Å². The van der Waals surface area contributed by atoms with Crippen molar-refractivity contribution in [3.05, 3.63) is 18.0 Å². The third-order valence-electron chi connectivity index (χ3n) is 1.82. The minimum Gasteiger partial charge on any atom is -0.480 e. The summed E-state index contributed by atoms with van der Waals surface area (Å²) >= 11 is 0. The summed E-state index contributed by atoms with van der Waals surface area (Å²) < 4.78 is 1.88. The summed E-state index contributed by atoms with van der Waals surface area (Å²) in [4.78, 5) is 10.3. The summed E-state index contributed by atoms with van der Waals surface area (Å²) in [6.45, 7) is 3.48. The minimum absolute atomic E-state index is 0.0166. The fourth-order valence-electron chi connectivity index (χ4n) is 1.22. The number of carbonyl (C=O) groups is 1. The number of hydrogen-bond donors (Lipinski definition) is 2. The second-order valence-electron chi connectivity index (χ2n) is 3.04. The van der Waals surface area contributed by atoms with E-state index < -0.39 is 5.97 Å². The maximum atomic E-state index is 10.3. The van der Waals surface area contributed by atoms with Gasteiger partial charge in [0.1, 0.15) is 0 Å². The van der Waals surface area contributed by atoms with Crippen LogP contribution in [0.15, 0.2) is 12.3 Å². The SMILES string of the molecule is CCCn1nccc1CNCC(=O)O. The van der Waals surface area contributed by atoms with Gasteiger partial charge in [0.15, 0.2) is 0 Å². The zero-order valence-corrected chi connectivity index (χ0v) is 8.23. The van der Waals surface area contributed by atoms with E-state index in [4.69, 9.17) is 5.11 Å². The zero-order valence-electron chi connectivity index (χ0n) is 8.23. The molecule has 0 bridgehead atoms. The number of aromatic nitrogens is 2. The number of aryl methyl sites for hydroxylation is 1. The van der Waals surface area contributed by atoms with E-state index in [1.807, 2.05) is 10.7 Å². The number of nitrogens with zero attached hydrogens (tertiary/aromatic N) is 2. The first-order chi connectivity index (χ1) is 6.74. The summed E-state index contributed by atoms with van der Waals surface area (Å²) in [6.07, 6.45) is 2.75. The average Bonchev–Trinajstić information content (AvgIpc) is 2.53. The Balaban J connectivity index is 2.41. The molecule has 0 atom stereocenters. The average molecular weight is 197 g/mol. The first-order valence-electron chi connectivity index (χ1n) is 4.67. The molecule has 1 aromatic rings. The molecule has 0 unspecified atom stereocenters. The van der Waals surface area contributed by atoms with Gasteiger partial charge in [-0.2, -0.15) is 5.10 Å². The van der Waals surface area contributed by atoms with Crippen LogP contribution >= 0.6 is 0 Å². The van der Waals surface area contributed by atoms with Crippen molar-refractivity contribution in [3.8, 4) is 0 Å². The summed E-state index contributed by atoms with van der Waals surface area (Å²) in [5, 5.41) is 15.4. The van der Waals surface area contributed by atoms with Crippen molar-refractivity contribution in [1.29, 1.82) is 0 Å². The molecule has 0 fully saturated rings. The molecular formula is C9H15N3O2. The van der Waals surface area contributed by atoms with E-state index in [1.165, 1.54) is 0 Å². The molecule has 14 heavy (non-hydrogen) atoms. The maximum Gasteiger partial charge on any atom is 0.317 e. The highest BCUT2D eigenvalue weighted by Gasteiger charge is 2.01. The van der Waals surface area contributed by atoms with Crippen LogP contribution in [0.4, 0.5) is 0 Å². The Morgan fingerprint density at radius 2 is 2.50 bits per heavy atom. The predicted molar refractivity (Wildman–Crippen MR) is 51.9 cm³/mol. The lowest BCUT2D eigenvalue weighted by Gasteiger charge is -2.05. The molecule has 2 N–H and O–H groups in total. The molecule has 0 aliphatic heterocycles. The van der Waals surface area contributed by atoms with Crippen LogP contribution in [-0.2, 0) is 17.9 Å². The Kier molecular flexibility index (Phi) is 4.12. The predicted octanol–water partition coefficient (Wildman–Crippen LogP) is 0.467. The Hall–Kier alpha value is -1.36. The smallest absolute Gasteiger partial charge is 0.317 e. The number of aliphatic carboxylic acids is 1. The summed E-state index contributed by atoms with van der Waals surface area (Å²) in [7, 11) is 0. The zero-order chi connectivity index (χ0) is 10.4. The molecule has 0 spiro atoms. The van der Waals surface area contributed by atoms with Gasteiger partial charge in [-0.3, -0.25) is 9.48 Å². The summed E-state index contributed by atoms with van der Waals surface area (Å²) in [6, 6.07) is 1.89. The number of hydrogen-bond acceptors (Lipinski definition) is 3. The van der Waals surface area contributed by atoms with Crippen molar-refractivity contribution in [2.75, 3.05) is 6.54 Å². The fraction of sp³-hybridized carbons (Fsp3) is 0.556. The summed E-state index contributed by atoms with van der Waals surface area (Å²) in [5.41, 5.74) is 1.02. The largest absolute Gasteiger partial charge is 0.480 e. The van der Waals surface area contributed by atoms with Crippen molar-refractivity contribution in [1.82, 2.24) is 15.1 Å². The van der Waals surface area contributed by atoms with Gasteiger partial charge in [-0.25, -0.2) is 0 Å². The standard InChI is InChI=1S/C9H15N3O2/c1-2-5-12-8(3-4-11-12)6-10-7-9(13)14/h3-4,10H,2,5-7H2,1H3,(H,13,14). The highest BCUT2D eigenvalue weighted by Crippen LogP contribution is 1.99. The third kappa shape index (κ3) is 3.18. The molecule has 1 heterocycles. The van der Waals surface area contributed by atoms with Crippen LogP contribution in [0.25, 0.3) is 0 Å². The van der Waals surface area contributed by atoms with Crippen LogP contribution in [0.5, 0.6) is 0 Å². The molecule has 1 aromatic heterocycles. The Labute approximate surface area is 82.7 Å². The van der Waals surface area contributed by atoms with Gasteiger partial charge in [0.2, 0.25) is 0 Å². The van der Waals surface area contributed by atoms with Gasteiger partial charge in [0.25, 0.3) is 0 Å². The summed E-state index contributed by atoms with van der Waals surface area (Å²) in [5.74, 6) is -0.841. The molecule has 5 heteroatoms. The van der Waals surface area contributed by atoms with E-state index in [1.54, 1.807) is 6.20 Å². The lowest BCUT2D eigenvalue weighted by molar-refractivity contribution is -0.136. The second-order valence-corrected chi connectivity index (χ2v) is 3.04. The minimum atomic E-state index is -0.841. The number of rotatable bonds is 6. The van der Waals surface area contributed by atoms with Crippen LogP contribution < -0.4 is 5.32 Å². The molecule has 0 aromatic carbocycles. The van der Waals surface area contributed by atoms with Gasteiger partial charge in [0.05, 0.1) is 12.2 Å². The van der Waals surface area contributed by atoms with Gasteiger partial charge < -0.3 is 10.4 Å². The molecule has 78 valence electrons. The topological polar surface area (TPSA) is 67.2 Å². The van der Waals surface area contributed by atoms with Crippen molar-refractivity contribution in [2.24, 2.45) is 0 Å². The van der Waals surface area contributed by atoms with Crippen LogP contribution in [0, 0.1) is 0 Å². The van der Waals surface area contributed by atoms with E-state index in [9.17, 15) is 4.79 Å². The number of carboxylic acids is 1. The second kappa shape index (κ2) is 5.39. The molecule has 5 nitrogen and oxygen atoms in total. The maximum absolute atomic E-state index is 10.3. The van der Waals surface area contributed by atoms with E-state index in [-0.39, 0.29) is 6.54 Å². The molecule has 0 aliphatic rings. The first-order valence-corrected chi connectivity index (χ1v) is 4.67. The van der Waals surface area contributed by atoms with Crippen LogP contribution in [0.3, 0.4) is 0 Å². The van der Waals surface area contributed by atoms with Crippen molar-refractivity contribution < 1.29 is 9.90 Å². The monoisotopic (exact) mass is 197 g/mol. The van der Waals surface area contributed by atoms with Gasteiger partial charge in [-0.05, 0) is 12.5 Å². The Morgan fingerprint density at radius 1 is 1.71 bits per heavy atom. The Morgan fingerprint density at radius 3 is 3.14 bits per heavy atom. The lowest BCUT2D eigenvalue weighted by atomic mass is 10.4. The quantitative estimate of drug-likeness (QED) is 0.695. The molecule has 0 saturated heterocycles. The van der Waals surface area contributed by atoms with Crippen LogP contribution in [0.1, 0.15) is 19.0 Å². The first kappa shape index (κ1) is 10.7. The number of carboxylic acid groups (broad SMARTS) is 1.